The molecular formula is C14H18BrNO2. The molecule has 3 nitrogen and oxygen atoms in total. The SMILES string of the molecule is Cc1ccc(O)c(C(=O)N2CCC(C)C(Br)C2)c1. The first-order valence-electron chi connectivity index (χ1n) is 6.22. The van der Waals surface area contributed by atoms with Gasteiger partial charge in [-0.25, -0.2) is 0 Å². The van der Waals surface area contributed by atoms with Crippen molar-refractivity contribution in [2.45, 2.75) is 25.1 Å². The van der Waals surface area contributed by atoms with Crippen molar-refractivity contribution in [3.8, 4) is 5.75 Å². The van der Waals surface area contributed by atoms with Crippen LogP contribution < -0.4 is 0 Å². The number of rotatable bonds is 1. The highest BCUT2D eigenvalue weighted by atomic mass is 79.9. The van der Waals surface area contributed by atoms with Gasteiger partial charge in [0.05, 0.1) is 5.56 Å². The molecule has 1 aliphatic heterocycles. The van der Waals surface area contributed by atoms with Gasteiger partial charge >= 0.3 is 0 Å². The zero-order chi connectivity index (χ0) is 13.3. The van der Waals surface area contributed by atoms with E-state index in [1.54, 1.807) is 18.2 Å². The van der Waals surface area contributed by atoms with E-state index in [2.05, 4.69) is 22.9 Å². The summed E-state index contributed by atoms with van der Waals surface area (Å²) in [6.45, 7) is 5.57. The predicted octanol–water partition coefficient (Wildman–Crippen LogP) is 2.95. The molecule has 0 radical (unpaired) electrons. The van der Waals surface area contributed by atoms with Crippen LogP contribution in [0.2, 0.25) is 0 Å². The van der Waals surface area contributed by atoms with Crippen LogP contribution in [0.25, 0.3) is 0 Å². The standard InChI is InChI=1S/C14H18BrNO2/c1-9-3-4-13(17)11(7-9)14(18)16-6-5-10(2)12(15)8-16/h3-4,7,10,12,17H,5-6,8H2,1-2H3. The van der Waals surface area contributed by atoms with Gasteiger partial charge in [-0.1, -0.05) is 34.5 Å². The number of aromatic hydroxyl groups is 1. The van der Waals surface area contributed by atoms with Crippen LogP contribution in [0.3, 0.4) is 0 Å². The molecule has 4 heteroatoms. The minimum atomic E-state index is -0.0763. The maximum Gasteiger partial charge on any atom is 0.257 e. The molecule has 0 aliphatic carbocycles. The van der Waals surface area contributed by atoms with Crippen molar-refractivity contribution >= 4 is 21.8 Å². The van der Waals surface area contributed by atoms with Crippen molar-refractivity contribution in [3.63, 3.8) is 0 Å². The van der Waals surface area contributed by atoms with Gasteiger partial charge < -0.3 is 10.0 Å². The van der Waals surface area contributed by atoms with Gasteiger partial charge in [0.15, 0.2) is 0 Å². The summed E-state index contributed by atoms with van der Waals surface area (Å²) in [4.78, 5) is 14.5. The molecule has 1 aromatic carbocycles. The first-order valence-corrected chi connectivity index (χ1v) is 7.13. The van der Waals surface area contributed by atoms with Crippen LogP contribution in [-0.2, 0) is 0 Å². The zero-order valence-corrected chi connectivity index (χ0v) is 12.3. The number of phenolic OH excluding ortho intramolecular Hbond substituents is 1. The summed E-state index contributed by atoms with van der Waals surface area (Å²) in [5, 5.41) is 9.79. The fourth-order valence-electron chi connectivity index (χ4n) is 2.20. The average molecular weight is 312 g/mol. The normalized spacial score (nSPS) is 24.1. The quantitative estimate of drug-likeness (QED) is 0.810. The van der Waals surface area contributed by atoms with E-state index in [1.165, 1.54) is 0 Å². The number of aryl methyl sites for hydroxylation is 1. The van der Waals surface area contributed by atoms with E-state index in [1.807, 2.05) is 11.8 Å². The smallest absolute Gasteiger partial charge is 0.257 e. The van der Waals surface area contributed by atoms with Crippen molar-refractivity contribution in [2.75, 3.05) is 13.1 Å². The van der Waals surface area contributed by atoms with E-state index in [-0.39, 0.29) is 11.7 Å². The molecule has 2 unspecified atom stereocenters. The monoisotopic (exact) mass is 311 g/mol. The summed E-state index contributed by atoms with van der Waals surface area (Å²) in [5.74, 6) is 0.572. The van der Waals surface area contributed by atoms with Crippen molar-refractivity contribution < 1.29 is 9.90 Å². The number of alkyl halides is 1. The topological polar surface area (TPSA) is 40.5 Å². The molecule has 98 valence electrons. The van der Waals surface area contributed by atoms with Crippen molar-refractivity contribution in [1.29, 1.82) is 0 Å². The fourth-order valence-corrected chi connectivity index (χ4v) is 2.81. The number of phenols is 1. The van der Waals surface area contributed by atoms with Gasteiger partial charge in [0, 0.05) is 17.9 Å². The lowest BCUT2D eigenvalue weighted by molar-refractivity contribution is 0.0703. The minimum Gasteiger partial charge on any atom is -0.507 e. The highest BCUT2D eigenvalue weighted by molar-refractivity contribution is 9.09. The van der Waals surface area contributed by atoms with E-state index in [0.717, 1.165) is 18.5 Å². The van der Waals surface area contributed by atoms with E-state index in [0.29, 0.717) is 22.9 Å². The first-order chi connectivity index (χ1) is 8.49. The molecule has 1 amide bonds. The Bertz CT molecular complexity index is 461. The number of benzene rings is 1. The van der Waals surface area contributed by atoms with Crippen molar-refractivity contribution in [2.24, 2.45) is 5.92 Å². The molecule has 1 aromatic rings. The summed E-state index contributed by atoms with van der Waals surface area (Å²) in [6.07, 6.45) is 0.994. The number of hydrogen-bond acceptors (Lipinski definition) is 2. The average Bonchev–Trinajstić information content (AvgIpc) is 2.35. The van der Waals surface area contributed by atoms with Gasteiger partial charge in [0.1, 0.15) is 5.75 Å². The van der Waals surface area contributed by atoms with E-state index < -0.39 is 0 Å². The third-order valence-corrected chi connectivity index (χ3v) is 4.73. The lowest BCUT2D eigenvalue weighted by atomic mass is 9.98. The summed E-state index contributed by atoms with van der Waals surface area (Å²) in [6, 6.07) is 5.14. The number of carbonyl (C=O) groups excluding carboxylic acids is 1. The highest BCUT2D eigenvalue weighted by Crippen LogP contribution is 2.26. The molecular weight excluding hydrogens is 294 g/mol. The predicted molar refractivity (Wildman–Crippen MR) is 75.2 cm³/mol. The van der Waals surface area contributed by atoms with Crippen molar-refractivity contribution in [1.82, 2.24) is 4.90 Å². The van der Waals surface area contributed by atoms with Crippen LogP contribution >= 0.6 is 15.9 Å². The molecule has 1 saturated heterocycles. The molecule has 1 N–H and O–H groups in total. The summed E-state index contributed by atoms with van der Waals surface area (Å²) in [5.41, 5.74) is 1.39. The highest BCUT2D eigenvalue weighted by Gasteiger charge is 2.28. The summed E-state index contributed by atoms with van der Waals surface area (Å²) < 4.78 is 0. The fraction of sp³-hybridized carbons (Fsp3) is 0.500. The van der Waals surface area contributed by atoms with Crippen LogP contribution in [0.1, 0.15) is 29.3 Å². The van der Waals surface area contributed by atoms with E-state index in [9.17, 15) is 9.90 Å². The van der Waals surface area contributed by atoms with E-state index in [4.69, 9.17) is 0 Å². The number of amides is 1. The first kappa shape index (κ1) is 13.4. The van der Waals surface area contributed by atoms with Crippen LogP contribution in [0.15, 0.2) is 18.2 Å². The van der Waals surface area contributed by atoms with Gasteiger partial charge in [-0.3, -0.25) is 4.79 Å². The summed E-state index contributed by atoms with van der Waals surface area (Å²) in [7, 11) is 0. The Kier molecular flexibility index (Phi) is 3.95. The number of carbonyl (C=O) groups is 1. The van der Waals surface area contributed by atoms with Crippen LogP contribution in [-0.4, -0.2) is 33.8 Å². The lowest BCUT2D eigenvalue weighted by Gasteiger charge is -2.34. The zero-order valence-electron chi connectivity index (χ0n) is 10.7. The second-order valence-corrected chi connectivity index (χ2v) is 6.23. The molecule has 1 fully saturated rings. The molecule has 2 atom stereocenters. The number of nitrogens with zero attached hydrogens (tertiary/aromatic N) is 1. The van der Waals surface area contributed by atoms with Crippen LogP contribution in [0.5, 0.6) is 5.75 Å². The number of piperidine rings is 1. The Morgan fingerprint density at radius 3 is 2.89 bits per heavy atom. The third kappa shape index (κ3) is 2.69. The Balaban J connectivity index is 2.19. The molecule has 0 bridgehead atoms. The molecule has 0 spiro atoms. The minimum absolute atomic E-state index is 0.0651. The second kappa shape index (κ2) is 5.31. The van der Waals surface area contributed by atoms with Crippen LogP contribution in [0, 0.1) is 12.8 Å². The third-order valence-electron chi connectivity index (χ3n) is 3.54. The van der Waals surface area contributed by atoms with Gasteiger partial charge in [-0.15, -0.1) is 0 Å². The molecule has 1 heterocycles. The van der Waals surface area contributed by atoms with E-state index >= 15 is 0 Å². The Hall–Kier alpha value is -1.03. The van der Waals surface area contributed by atoms with Gasteiger partial charge in [-0.2, -0.15) is 0 Å². The molecule has 18 heavy (non-hydrogen) atoms. The summed E-state index contributed by atoms with van der Waals surface area (Å²) >= 11 is 3.61. The number of hydrogen-bond donors (Lipinski definition) is 1. The Morgan fingerprint density at radius 2 is 2.22 bits per heavy atom. The Labute approximate surface area is 116 Å². The number of halogens is 1. The number of likely N-dealkylation sites (tertiary alicyclic amines) is 1. The van der Waals surface area contributed by atoms with Crippen molar-refractivity contribution in [3.05, 3.63) is 29.3 Å². The molecule has 2 rings (SSSR count). The largest absolute Gasteiger partial charge is 0.507 e. The maximum atomic E-state index is 12.4. The van der Waals surface area contributed by atoms with Crippen LogP contribution in [0.4, 0.5) is 0 Å². The molecule has 0 saturated carbocycles. The van der Waals surface area contributed by atoms with Gasteiger partial charge in [0.25, 0.3) is 5.91 Å². The molecule has 0 aromatic heterocycles. The second-order valence-electron chi connectivity index (χ2n) is 5.05. The molecule has 1 aliphatic rings. The maximum absolute atomic E-state index is 12.4. The van der Waals surface area contributed by atoms with Gasteiger partial charge in [0.2, 0.25) is 0 Å². The van der Waals surface area contributed by atoms with Gasteiger partial charge in [-0.05, 0) is 31.4 Å². The Morgan fingerprint density at radius 1 is 1.50 bits per heavy atom. The lowest BCUT2D eigenvalue weighted by Crippen LogP contribution is -2.43.